The fourth-order valence-electron chi connectivity index (χ4n) is 1.23. The van der Waals surface area contributed by atoms with Crippen molar-refractivity contribution in [2.24, 2.45) is 0 Å². The van der Waals surface area contributed by atoms with E-state index in [1.807, 2.05) is 0 Å². The Morgan fingerprint density at radius 2 is 1.62 bits per heavy atom. The molecular formula is C11H14O2. The van der Waals surface area contributed by atoms with Crippen LogP contribution in [-0.2, 0) is 9.59 Å². The van der Waals surface area contributed by atoms with Gasteiger partial charge in [0.2, 0.25) is 0 Å². The smallest absolute Gasteiger partial charge is 0.186 e. The molecule has 0 unspecified atom stereocenters. The summed E-state index contributed by atoms with van der Waals surface area (Å²) in [6, 6.07) is 8.54. The van der Waals surface area contributed by atoms with E-state index in [4.69, 9.17) is 9.59 Å². The molecule has 0 atom stereocenters. The van der Waals surface area contributed by atoms with E-state index in [9.17, 15) is 0 Å². The van der Waals surface area contributed by atoms with Crippen LogP contribution in [0.3, 0.4) is 0 Å². The standard InChI is InChI=1S/C10H14.CO2/c1-8(2)10-7-5-4-6-9(10)3;2-1-3/h4-8H,1-3H3;. The predicted octanol–water partition coefficient (Wildman–Crippen LogP) is 2.53. The lowest BCUT2D eigenvalue weighted by molar-refractivity contribution is -0.191. The lowest BCUT2D eigenvalue weighted by Gasteiger charge is -2.07. The molecule has 0 heterocycles. The first-order valence-corrected chi connectivity index (χ1v) is 4.18. The molecule has 0 bridgehead atoms. The first kappa shape index (κ1) is 11.6. The monoisotopic (exact) mass is 178 g/mol. The third-order valence-corrected chi connectivity index (χ3v) is 1.81. The third-order valence-electron chi connectivity index (χ3n) is 1.81. The van der Waals surface area contributed by atoms with Crippen LogP contribution in [0.1, 0.15) is 30.9 Å². The van der Waals surface area contributed by atoms with Crippen molar-refractivity contribution < 1.29 is 9.59 Å². The van der Waals surface area contributed by atoms with Gasteiger partial charge in [0, 0.05) is 0 Å². The van der Waals surface area contributed by atoms with Crippen molar-refractivity contribution in [1.82, 2.24) is 0 Å². The van der Waals surface area contributed by atoms with Crippen LogP contribution in [0.4, 0.5) is 0 Å². The van der Waals surface area contributed by atoms with Crippen LogP contribution in [0.5, 0.6) is 0 Å². The van der Waals surface area contributed by atoms with Gasteiger partial charge in [-0.2, -0.15) is 9.59 Å². The number of hydrogen-bond donors (Lipinski definition) is 0. The van der Waals surface area contributed by atoms with Gasteiger partial charge in [-0.3, -0.25) is 0 Å². The van der Waals surface area contributed by atoms with Crippen molar-refractivity contribution in [1.29, 1.82) is 0 Å². The van der Waals surface area contributed by atoms with Gasteiger partial charge in [0.25, 0.3) is 0 Å². The second-order valence-corrected chi connectivity index (χ2v) is 3.09. The molecule has 0 N–H and O–H groups in total. The van der Waals surface area contributed by atoms with Gasteiger partial charge < -0.3 is 0 Å². The zero-order chi connectivity index (χ0) is 10.3. The van der Waals surface area contributed by atoms with E-state index in [0.717, 1.165) is 0 Å². The average Bonchev–Trinajstić information content (AvgIpc) is 2.06. The number of rotatable bonds is 1. The Labute approximate surface area is 78.6 Å². The number of aryl methyl sites for hydroxylation is 1. The fraction of sp³-hybridized carbons (Fsp3) is 0.364. The number of hydrogen-bond acceptors (Lipinski definition) is 2. The molecule has 70 valence electrons. The molecule has 0 aliphatic rings. The maximum absolute atomic E-state index is 8.12. The molecule has 0 amide bonds. The van der Waals surface area contributed by atoms with Crippen molar-refractivity contribution in [3.8, 4) is 0 Å². The van der Waals surface area contributed by atoms with Crippen LogP contribution in [-0.4, -0.2) is 6.15 Å². The molecule has 0 radical (unpaired) electrons. The highest BCUT2D eigenvalue weighted by Crippen LogP contribution is 2.17. The Morgan fingerprint density at radius 1 is 1.15 bits per heavy atom. The molecule has 0 aliphatic carbocycles. The van der Waals surface area contributed by atoms with Gasteiger partial charge in [-0.05, 0) is 24.0 Å². The Kier molecular flexibility index (Phi) is 5.49. The molecule has 0 aliphatic heterocycles. The van der Waals surface area contributed by atoms with Gasteiger partial charge in [0.15, 0.2) is 0 Å². The quantitative estimate of drug-likeness (QED) is 0.662. The molecule has 2 nitrogen and oxygen atoms in total. The second kappa shape index (κ2) is 6.15. The minimum absolute atomic E-state index is 0.250. The van der Waals surface area contributed by atoms with E-state index in [-0.39, 0.29) is 6.15 Å². The summed E-state index contributed by atoms with van der Waals surface area (Å²) in [6.07, 6.45) is 0.250. The Morgan fingerprint density at radius 3 is 1.92 bits per heavy atom. The molecule has 1 aromatic rings. The van der Waals surface area contributed by atoms with Crippen LogP contribution in [0, 0.1) is 6.92 Å². The molecule has 2 heteroatoms. The first-order chi connectivity index (χ1) is 6.13. The lowest BCUT2D eigenvalue weighted by Crippen LogP contribution is -1.89. The van der Waals surface area contributed by atoms with Crippen molar-refractivity contribution in [2.45, 2.75) is 26.7 Å². The summed E-state index contributed by atoms with van der Waals surface area (Å²) in [5, 5.41) is 0. The fourth-order valence-corrected chi connectivity index (χ4v) is 1.23. The van der Waals surface area contributed by atoms with E-state index >= 15 is 0 Å². The summed E-state index contributed by atoms with van der Waals surface area (Å²) in [5.74, 6) is 0.654. The predicted molar refractivity (Wildman–Crippen MR) is 50.3 cm³/mol. The van der Waals surface area contributed by atoms with Gasteiger partial charge in [0.05, 0.1) is 0 Å². The van der Waals surface area contributed by atoms with Crippen LogP contribution in [0.25, 0.3) is 0 Å². The molecule has 0 spiro atoms. The minimum Gasteiger partial charge on any atom is -0.186 e. The van der Waals surface area contributed by atoms with Crippen molar-refractivity contribution >= 4 is 6.15 Å². The Bertz CT molecular complexity index is 284. The maximum Gasteiger partial charge on any atom is 0.373 e. The molecular weight excluding hydrogens is 164 g/mol. The van der Waals surface area contributed by atoms with Crippen molar-refractivity contribution in [2.75, 3.05) is 0 Å². The van der Waals surface area contributed by atoms with Gasteiger partial charge >= 0.3 is 6.15 Å². The average molecular weight is 178 g/mol. The first-order valence-electron chi connectivity index (χ1n) is 4.18. The summed E-state index contributed by atoms with van der Waals surface area (Å²) in [7, 11) is 0. The lowest BCUT2D eigenvalue weighted by atomic mass is 9.99. The minimum atomic E-state index is 0.250. The van der Waals surface area contributed by atoms with Gasteiger partial charge in [-0.1, -0.05) is 38.1 Å². The van der Waals surface area contributed by atoms with Crippen molar-refractivity contribution in [3.63, 3.8) is 0 Å². The third kappa shape index (κ3) is 4.24. The molecule has 1 aromatic carbocycles. The summed E-state index contributed by atoms with van der Waals surface area (Å²) in [5.41, 5.74) is 2.86. The van der Waals surface area contributed by atoms with Gasteiger partial charge in [-0.25, -0.2) is 0 Å². The number of benzene rings is 1. The largest absolute Gasteiger partial charge is 0.373 e. The van der Waals surface area contributed by atoms with Crippen molar-refractivity contribution in [3.05, 3.63) is 35.4 Å². The summed E-state index contributed by atoms with van der Waals surface area (Å²) < 4.78 is 0. The SMILES string of the molecule is Cc1ccccc1C(C)C.O=C=O. The van der Waals surface area contributed by atoms with E-state index in [1.165, 1.54) is 11.1 Å². The van der Waals surface area contributed by atoms with Gasteiger partial charge in [-0.15, -0.1) is 0 Å². The van der Waals surface area contributed by atoms with Crippen LogP contribution < -0.4 is 0 Å². The highest BCUT2D eigenvalue weighted by Gasteiger charge is 1.99. The van der Waals surface area contributed by atoms with Crippen LogP contribution in [0.15, 0.2) is 24.3 Å². The molecule has 0 aromatic heterocycles. The summed E-state index contributed by atoms with van der Waals surface area (Å²) in [6.45, 7) is 6.61. The van der Waals surface area contributed by atoms with Gasteiger partial charge in [0.1, 0.15) is 0 Å². The highest BCUT2D eigenvalue weighted by atomic mass is 16.2. The maximum atomic E-state index is 8.12. The van der Waals surface area contributed by atoms with E-state index in [2.05, 4.69) is 45.0 Å². The van der Waals surface area contributed by atoms with Crippen LogP contribution in [0.2, 0.25) is 0 Å². The molecule has 0 fully saturated rings. The second-order valence-electron chi connectivity index (χ2n) is 3.09. The highest BCUT2D eigenvalue weighted by molar-refractivity contribution is 5.27. The molecule has 0 saturated heterocycles. The summed E-state index contributed by atoms with van der Waals surface area (Å²) in [4.78, 5) is 16.2. The van der Waals surface area contributed by atoms with E-state index in [0.29, 0.717) is 5.92 Å². The van der Waals surface area contributed by atoms with Crippen LogP contribution >= 0.6 is 0 Å². The zero-order valence-corrected chi connectivity index (χ0v) is 8.20. The molecule has 0 saturated carbocycles. The number of carbonyl (C=O) groups excluding carboxylic acids is 2. The topological polar surface area (TPSA) is 34.1 Å². The van der Waals surface area contributed by atoms with E-state index in [1.54, 1.807) is 0 Å². The Balaban J connectivity index is 0.000000424. The Hall–Kier alpha value is -1.40. The molecule has 1 rings (SSSR count). The molecule has 13 heavy (non-hydrogen) atoms. The van der Waals surface area contributed by atoms with E-state index < -0.39 is 0 Å². The summed E-state index contributed by atoms with van der Waals surface area (Å²) >= 11 is 0. The zero-order valence-electron chi connectivity index (χ0n) is 8.20. The normalized spacial score (nSPS) is 8.62.